The van der Waals surface area contributed by atoms with E-state index in [1.54, 1.807) is 11.0 Å². The number of benzene rings is 1. The first-order valence-corrected chi connectivity index (χ1v) is 7.20. The molecular formula is C16H24N4O. The summed E-state index contributed by atoms with van der Waals surface area (Å²) in [6.45, 7) is 8.92. The molecule has 0 radical (unpaired) electrons. The fraction of sp³-hybridized carbons (Fsp3) is 0.500. The molecule has 0 amide bonds. The third kappa shape index (κ3) is 4.86. The van der Waals surface area contributed by atoms with E-state index < -0.39 is 0 Å². The van der Waals surface area contributed by atoms with Crippen molar-refractivity contribution >= 4 is 0 Å². The number of nitrogens with one attached hydrogen (secondary N) is 1. The first-order valence-electron chi connectivity index (χ1n) is 7.20. The maximum atomic E-state index is 5.83. The van der Waals surface area contributed by atoms with Gasteiger partial charge in [0.15, 0.2) is 5.82 Å². The number of hydrogen-bond donors (Lipinski definition) is 1. The Labute approximate surface area is 126 Å². The Balaban J connectivity index is 1.91. The molecule has 21 heavy (non-hydrogen) atoms. The Morgan fingerprint density at radius 1 is 1.24 bits per heavy atom. The van der Waals surface area contributed by atoms with Crippen LogP contribution in [0.3, 0.4) is 0 Å². The predicted molar refractivity (Wildman–Crippen MR) is 83.1 cm³/mol. The topological polar surface area (TPSA) is 52.0 Å². The molecule has 0 unspecified atom stereocenters. The van der Waals surface area contributed by atoms with Gasteiger partial charge < -0.3 is 10.1 Å². The summed E-state index contributed by atoms with van der Waals surface area (Å²) in [4.78, 5) is 4.21. The molecule has 0 spiro atoms. The third-order valence-corrected chi connectivity index (χ3v) is 3.02. The minimum absolute atomic E-state index is 0.171. The second-order valence-electron chi connectivity index (χ2n) is 6.22. The lowest BCUT2D eigenvalue weighted by Gasteiger charge is -2.21. The van der Waals surface area contributed by atoms with Crippen molar-refractivity contribution < 1.29 is 4.74 Å². The van der Waals surface area contributed by atoms with Crippen molar-refractivity contribution in [2.75, 3.05) is 0 Å². The van der Waals surface area contributed by atoms with Gasteiger partial charge in [-0.25, -0.2) is 4.98 Å². The van der Waals surface area contributed by atoms with E-state index >= 15 is 0 Å². The first kappa shape index (κ1) is 15.5. The standard InChI is InChI=1S/C16H24N4O/c1-12(17-10-15-18-11-20(5)19-15)13-6-8-14(9-7-13)21-16(2,3)4/h6-9,11-12,17H,10H2,1-5H3/t12-/m1/s1. The smallest absolute Gasteiger partial charge is 0.164 e. The number of aryl methyl sites for hydroxylation is 1. The molecule has 0 fully saturated rings. The van der Waals surface area contributed by atoms with Crippen LogP contribution in [0, 0.1) is 0 Å². The van der Waals surface area contributed by atoms with Crippen LogP contribution >= 0.6 is 0 Å². The van der Waals surface area contributed by atoms with E-state index in [4.69, 9.17) is 4.74 Å². The predicted octanol–water partition coefficient (Wildman–Crippen LogP) is 2.84. The lowest BCUT2D eigenvalue weighted by atomic mass is 10.1. The maximum absolute atomic E-state index is 5.83. The van der Waals surface area contributed by atoms with Crippen molar-refractivity contribution in [3.8, 4) is 5.75 Å². The zero-order chi connectivity index (χ0) is 15.5. The van der Waals surface area contributed by atoms with Crippen LogP contribution in [-0.2, 0) is 13.6 Å². The van der Waals surface area contributed by atoms with Crippen molar-refractivity contribution in [2.24, 2.45) is 7.05 Å². The average molecular weight is 288 g/mol. The molecule has 0 aliphatic rings. The van der Waals surface area contributed by atoms with Gasteiger partial charge >= 0.3 is 0 Å². The highest BCUT2D eigenvalue weighted by Crippen LogP contribution is 2.21. The van der Waals surface area contributed by atoms with Gasteiger partial charge in [0, 0.05) is 13.1 Å². The summed E-state index contributed by atoms with van der Waals surface area (Å²) >= 11 is 0. The fourth-order valence-corrected chi connectivity index (χ4v) is 2.01. The zero-order valence-electron chi connectivity index (χ0n) is 13.4. The normalized spacial score (nSPS) is 13.2. The van der Waals surface area contributed by atoms with Gasteiger partial charge in [0.1, 0.15) is 17.7 Å². The molecular weight excluding hydrogens is 264 g/mol. The van der Waals surface area contributed by atoms with Gasteiger partial charge in [-0.15, -0.1) is 0 Å². The van der Waals surface area contributed by atoms with Crippen LogP contribution < -0.4 is 10.1 Å². The molecule has 2 aromatic rings. The largest absolute Gasteiger partial charge is 0.488 e. The van der Waals surface area contributed by atoms with Crippen LogP contribution in [0.25, 0.3) is 0 Å². The number of nitrogens with zero attached hydrogens (tertiary/aromatic N) is 3. The van der Waals surface area contributed by atoms with Crippen LogP contribution in [0.15, 0.2) is 30.6 Å². The van der Waals surface area contributed by atoms with Crippen molar-refractivity contribution in [3.05, 3.63) is 42.0 Å². The number of rotatable bonds is 5. The molecule has 1 N–H and O–H groups in total. The molecule has 0 bridgehead atoms. The van der Waals surface area contributed by atoms with E-state index in [0.29, 0.717) is 6.54 Å². The molecule has 1 heterocycles. The minimum atomic E-state index is -0.171. The fourth-order valence-electron chi connectivity index (χ4n) is 2.01. The van der Waals surface area contributed by atoms with Gasteiger partial charge in [-0.3, -0.25) is 4.68 Å². The zero-order valence-corrected chi connectivity index (χ0v) is 13.4. The second-order valence-corrected chi connectivity index (χ2v) is 6.22. The van der Waals surface area contributed by atoms with E-state index in [1.165, 1.54) is 5.56 Å². The van der Waals surface area contributed by atoms with E-state index in [-0.39, 0.29) is 11.6 Å². The summed E-state index contributed by atoms with van der Waals surface area (Å²) in [5.41, 5.74) is 1.04. The Hall–Kier alpha value is -1.88. The van der Waals surface area contributed by atoms with Crippen LogP contribution in [-0.4, -0.2) is 20.4 Å². The van der Waals surface area contributed by atoms with Gasteiger partial charge in [-0.05, 0) is 45.4 Å². The molecule has 1 atom stereocenters. The monoisotopic (exact) mass is 288 g/mol. The Bertz CT molecular complexity index is 569. The number of ether oxygens (including phenoxy) is 1. The second kappa shape index (κ2) is 6.26. The highest BCUT2D eigenvalue weighted by molar-refractivity contribution is 5.29. The van der Waals surface area contributed by atoms with Gasteiger partial charge in [0.25, 0.3) is 0 Å². The summed E-state index contributed by atoms with van der Waals surface area (Å²) in [5.74, 6) is 1.70. The average Bonchev–Trinajstić information content (AvgIpc) is 2.81. The molecule has 5 heteroatoms. The molecule has 0 saturated carbocycles. The molecule has 1 aromatic carbocycles. The summed E-state index contributed by atoms with van der Waals surface area (Å²) in [6.07, 6.45) is 1.71. The van der Waals surface area contributed by atoms with Crippen molar-refractivity contribution in [3.63, 3.8) is 0 Å². The molecule has 0 aliphatic heterocycles. The summed E-state index contributed by atoms with van der Waals surface area (Å²) in [5, 5.41) is 7.67. The van der Waals surface area contributed by atoms with Gasteiger partial charge in [-0.1, -0.05) is 12.1 Å². The van der Waals surface area contributed by atoms with Gasteiger partial charge in [0.05, 0.1) is 6.54 Å². The lowest BCUT2D eigenvalue weighted by Crippen LogP contribution is -2.23. The lowest BCUT2D eigenvalue weighted by molar-refractivity contribution is 0.131. The van der Waals surface area contributed by atoms with Crippen LogP contribution in [0.1, 0.15) is 45.1 Å². The van der Waals surface area contributed by atoms with Crippen molar-refractivity contribution in [1.29, 1.82) is 0 Å². The highest BCUT2D eigenvalue weighted by Gasteiger charge is 2.12. The third-order valence-electron chi connectivity index (χ3n) is 3.02. The first-order chi connectivity index (χ1) is 9.83. The van der Waals surface area contributed by atoms with Crippen molar-refractivity contribution in [2.45, 2.75) is 45.9 Å². The van der Waals surface area contributed by atoms with E-state index in [2.05, 4.69) is 34.5 Å². The Morgan fingerprint density at radius 3 is 2.43 bits per heavy atom. The van der Waals surface area contributed by atoms with E-state index in [9.17, 15) is 0 Å². The van der Waals surface area contributed by atoms with Crippen molar-refractivity contribution in [1.82, 2.24) is 20.1 Å². The number of aromatic nitrogens is 3. The van der Waals surface area contributed by atoms with Crippen LogP contribution in [0.5, 0.6) is 5.75 Å². The van der Waals surface area contributed by atoms with Crippen LogP contribution in [0.2, 0.25) is 0 Å². The van der Waals surface area contributed by atoms with Crippen LogP contribution in [0.4, 0.5) is 0 Å². The van der Waals surface area contributed by atoms with E-state index in [0.717, 1.165) is 11.6 Å². The Kier molecular flexibility index (Phi) is 4.63. The minimum Gasteiger partial charge on any atom is -0.488 e. The molecule has 0 saturated heterocycles. The molecule has 2 rings (SSSR count). The van der Waals surface area contributed by atoms with Gasteiger partial charge in [-0.2, -0.15) is 5.10 Å². The Morgan fingerprint density at radius 2 is 1.90 bits per heavy atom. The molecule has 0 aliphatic carbocycles. The summed E-state index contributed by atoms with van der Waals surface area (Å²) in [6, 6.07) is 8.43. The summed E-state index contributed by atoms with van der Waals surface area (Å²) in [7, 11) is 1.87. The van der Waals surface area contributed by atoms with E-state index in [1.807, 2.05) is 40.0 Å². The molecule has 1 aromatic heterocycles. The maximum Gasteiger partial charge on any atom is 0.164 e. The number of hydrogen-bond acceptors (Lipinski definition) is 4. The molecule has 114 valence electrons. The quantitative estimate of drug-likeness (QED) is 0.919. The molecule has 5 nitrogen and oxygen atoms in total. The highest BCUT2D eigenvalue weighted by atomic mass is 16.5. The SMILES string of the molecule is C[C@@H](NCc1ncn(C)n1)c1ccc(OC(C)(C)C)cc1. The summed E-state index contributed by atoms with van der Waals surface area (Å²) < 4.78 is 7.53. The van der Waals surface area contributed by atoms with Gasteiger partial charge in [0.2, 0.25) is 0 Å².